The number of pyridine rings is 1. The van der Waals surface area contributed by atoms with Gasteiger partial charge in [-0.2, -0.15) is 0 Å². The van der Waals surface area contributed by atoms with Gasteiger partial charge in [-0.15, -0.1) is 0 Å². The molecule has 0 N–H and O–H groups in total. The van der Waals surface area contributed by atoms with Crippen molar-refractivity contribution in [3.63, 3.8) is 0 Å². The summed E-state index contributed by atoms with van der Waals surface area (Å²) in [5.74, 6) is 0.997. The largest absolute Gasteiger partial charge is 0.469 e. The molecule has 0 atom stereocenters. The van der Waals surface area contributed by atoms with Crippen LogP contribution in [0.3, 0.4) is 0 Å². The van der Waals surface area contributed by atoms with E-state index in [1.54, 1.807) is 18.5 Å². The molecule has 198 valence electrons. The summed E-state index contributed by atoms with van der Waals surface area (Å²) in [5.41, 5.74) is 2.89. The summed E-state index contributed by atoms with van der Waals surface area (Å²) in [6.07, 6.45) is 11.4. The highest BCUT2D eigenvalue weighted by Crippen LogP contribution is 2.55. The number of rotatable bonds is 8. The number of thiazole rings is 1. The molecule has 4 aliphatic rings. The van der Waals surface area contributed by atoms with Crippen molar-refractivity contribution in [2.45, 2.75) is 69.5 Å². The fourth-order valence-electron chi connectivity index (χ4n) is 6.00. The maximum absolute atomic E-state index is 13.5. The van der Waals surface area contributed by atoms with Crippen LogP contribution in [0.25, 0.3) is 21.5 Å². The lowest BCUT2D eigenvalue weighted by molar-refractivity contribution is -0.150. The van der Waals surface area contributed by atoms with E-state index in [0.29, 0.717) is 51.1 Å². The van der Waals surface area contributed by atoms with Gasteiger partial charge in [0, 0.05) is 40.9 Å². The van der Waals surface area contributed by atoms with Crippen LogP contribution in [0.4, 0.5) is 4.39 Å². The standard InChI is InChI=1S/C28H26Cl2FN3O3S/c29-19-12-32-13-20(30)23(19)24-18(25(37-34-24)16-1-2-16)14-36-28-8-5-27(6-9-28,7-10-28)15-35-26-33-21-11-17(31)3-4-22(21)38-26/h3-4,11-13,16H,1-2,5-10,14-15H2. The van der Waals surface area contributed by atoms with Crippen LogP contribution < -0.4 is 4.74 Å². The van der Waals surface area contributed by atoms with Crippen molar-refractivity contribution in [3.8, 4) is 16.5 Å². The van der Waals surface area contributed by atoms with Gasteiger partial charge in [0.25, 0.3) is 5.19 Å². The number of nitrogens with zero attached hydrogens (tertiary/aromatic N) is 3. The maximum atomic E-state index is 13.5. The Morgan fingerprint density at radius 3 is 2.50 bits per heavy atom. The van der Waals surface area contributed by atoms with Crippen molar-refractivity contribution in [2.75, 3.05) is 6.61 Å². The lowest BCUT2D eigenvalue weighted by Crippen LogP contribution is -2.49. The fourth-order valence-corrected chi connectivity index (χ4v) is 7.34. The van der Waals surface area contributed by atoms with Gasteiger partial charge in [0.1, 0.15) is 17.3 Å². The van der Waals surface area contributed by atoms with E-state index in [1.807, 2.05) is 0 Å². The molecule has 6 nitrogen and oxygen atoms in total. The highest BCUT2D eigenvalue weighted by atomic mass is 35.5. The van der Waals surface area contributed by atoms with Gasteiger partial charge in [0.15, 0.2) is 0 Å². The average molecular weight is 575 g/mol. The van der Waals surface area contributed by atoms with Crippen molar-refractivity contribution in [1.82, 2.24) is 15.1 Å². The maximum Gasteiger partial charge on any atom is 0.274 e. The molecule has 4 aliphatic carbocycles. The molecule has 8 rings (SSSR count). The first-order valence-corrected chi connectivity index (χ1v) is 14.6. The van der Waals surface area contributed by atoms with Crippen molar-refractivity contribution in [3.05, 3.63) is 57.8 Å². The molecule has 0 radical (unpaired) electrons. The van der Waals surface area contributed by atoms with Crippen LogP contribution in [0.5, 0.6) is 5.19 Å². The predicted molar refractivity (Wildman–Crippen MR) is 144 cm³/mol. The van der Waals surface area contributed by atoms with Gasteiger partial charge in [0.2, 0.25) is 0 Å². The third-order valence-corrected chi connectivity index (χ3v) is 10.1. The van der Waals surface area contributed by atoms with E-state index in [2.05, 4.69) is 15.1 Å². The van der Waals surface area contributed by atoms with Crippen molar-refractivity contribution < 1.29 is 18.4 Å². The molecule has 2 bridgehead atoms. The lowest BCUT2D eigenvalue weighted by atomic mass is 9.59. The average Bonchev–Trinajstić information content (AvgIpc) is 3.56. The highest BCUT2D eigenvalue weighted by Gasteiger charge is 2.50. The Balaban J connectivity index is 1.04. The second-order valence-corrected chi connectivity index (χ2v) is 12.8. The second-order valence-electron chi connectivity index (χ2n) is 11.0. The number of hydrogen-bond acceptors (Lipinski definition) is 7. The summed E-state index contributed by atoms with van der Waals surface area (Å²) in [6.45, 7) is 1.05. The van der Waals surface area contributed by atoms with Gasteiger partial charge in [-0.05, 0) is 63.5 Å². The Hall–Kier alpha value is -2.26. The number of hydrogen-bond donors (Lipinski definition) is 0. The first kappa shape index (κ1) is 24.8. The molecule has 1 aromatic carbocycles. The smallest absolute Gasteiger partial charge is 0.274 e. The summed E-state index contributed by atoms with van der Waals surface area (Å²) >= 11 is 14.4. The van der Waals surface area contributed by atoms with E-state index in [0.717, 1.165) is 67.4 Å². The highest BCUT2D eigenvalue weighted by molar-refractivity contribution is 7.20. The normalized spacial score (nSPS) is 24.8. The number of fused-ring (bicyclic) bond motifs is 4. The Morgan fingerprint density at radius 2 is 1.79 bits per heavy atom. The summed E-state index contributed by atoms with van der Waals surface area (Å²) in [6, 6.07) is 4.67. The minimum absolute atomic E-state index is 0.133. The minimum atomic E-state index is -0.279. The van der Waals surface area contributed by atoms with Gasteiger partial charge >= 0.3 is 0 Å². The third kappa shape index (κ3) is 4.49. The van der Waals surface area contributed by atoms with E-state index in [4.69, 9.17) is 37.2 Å². The lowest BCUT2D eigenvalue weighted by Gasteiger charge is -2.52. The van der Waals surface area contributed by atoms with Crippen LogP contribution in [-0.4, -0.2) is 27.3 Å². The van der Waals surface area contributed by atoms with E-state index < -0.39 is 0 Å². The first-order valence-electron chi connectivity index (χ1n) is 13.0. The molecule has 3 aromatic heterocycles. The van der Waals surface area contributed by atoms with E-state index in [1.165, 1.54) is 23.5 Å². The summed E-state index contributed by atoms with van der Waals surface area (Å²) in [5, 5.41) is 5.89. The van der Waals surface area contributed by atoms with E-state index in [-0.39, 0.29) is 16.8 Å². The van der Waals surface area contributed by atoms with E-state index >= 15 is 0 Å². The van der Waals surface area contributed by atoms with Gasteiger partial charge in [-0.1, -0.05) is 39.7 Å². The number of halogens is 3. The van der Waals surface area contributed by atoms with Crippen molar-refractivity contribution in [1.29, 1.82) is 0 Å². The first-order chi connectivity index (χ1) is 18.4. The zero-order chi connectivity index (χ0) is 25.9. The molecule has 10 heteroatoms. The van der Waals surface area contributed by atoms with E-state index in [9.17, 15) is 4.39 Å². The van der Waals surface area contributed by atoms with Gasteiger partial charge in [-0.3, -0.25) is 4.98 Å². The molecule has 4 aromatic rings. The summed E-state index contributed by atoms with van der Waals surface area (Å²) in [4.78, 5) is 8.55. The Bertz CT molecular complexity index is 1470. The Labute approximate surface area is 233 Å². The molecule has 0 unspecified atom stereocenters. The third-order valence-electron chi connectivity index (χ3n) is 8.54. The summed E-state index contributed by atoms with van der Waals surface area (Å²) in [7, 11) is 0. The topological polar surface area (TPSA) is 70.3 Å². The molecule has 4 fully saturated rings. The van der Waals surface area contributed by atoms with Crippen LogP contribution in [0.1, 0.15) is 68.6 Å². The van der Waals surface area contributed by atoms with Gasteiger partial charge < -0.3 is 14.0 Å². The SMILES string of the molecule is Fc1ccc2sc(OCC34CCC(OCc5c(-c6c(Cl)cncc6Cl)noc5C5CC5)(CC3)CC4)nc2c1. The summed E-state index contributed by atoms with van der Waals surface area (Å²) < 4.78 is 33.2. The number of aromatic nitrogens is 3. The van der Waals surface area contributed by atoms with Gasteiger partial charge in [-0.25, -0.2) is 9.37 Å². The molecule has 0 aliphatic heterocycles. The van der Waals surface area contributed by atoms with Crippen LogP contribution >= 0.6 is 34.5 Å². The quantitative estimate of drug-likeness (QED) is 0.211. The second kappa shape index (κ2) is 9.44. The molecule has 4 saturated carbocycles. The van der Waals surface area contributed by atoms with Crippen molar-refractivity contribution >= 4 is 44.8 Å². The Morgan fingerprint density at radius 1 is 1.05 bits per heavy atom. The van der Waals surface area contributed by atoms with Crippen molar-refractivity contribution in [2.24, 2.45) is 5.41 Å². The minimum Gasteiger partial charge on any atom is -0.469 e. The fraction of sp³-hybridized carbons (Fsp3) is 0.464. The van der Waals surface area contributed by atoms with Crippen LogP contribution in [-0.2, 0) is 11.3 Å². The molecular weight excluding hydrogens is 548 g/mol. The van der Waals surface area contributed by atoms with Crippen LogP contribution in [0.15, 0.2) is 35.1 Å². The molecule has 3 heterocycles. The molecule has 0 amide bonds. The van der Waals surface area contributed by atoms with Crippen LogP contribution in [0, 0.1) is 11.2 Å². The van der Waals surface area contributed by atoms with Gasteiger partial charge in [0.05, 0.1) is 39.1 Å². The Kier molecular flexibility index (Phi) is 6.15. The zero-order valence-electron chi connectivity index (χ0n) is 20.6. The van der Waals surface area contributed by atoms with Crippen LogP contribution in [0.2, 0.25) is 10.0 Å². The molecule has 0 spiro atoms. The monoisotopic (exact) mass is 573 g/mol. The number of benzene rings is 1. The predicted octanol–water partition coefficient (Wildman–Crippen LogP) is 8.36. The zero-order valence-corrected chi connectivity index (χ0v) is 23.0. The molecule has 0 saturated heterocycles. The molecular formula is C28H26Cl2FN3O3S. The molecule has 38 heavy (non-hydrogen) atoms. The number of ether oxygens (including phenoxy) is 2.